The molecule has 33 heavy (non-hydrogen) atoms. The second-order valence-electron chi connectivity index (χ2n) is 7.85. The van der Waals surface area contributed by atoms with Crippen LogP contribution in [0.15, 0.2) is 60.7 Å². The van der Waals surface area contributed by atoms with Gasteiger partial charge in [-0.15, -0.1) is 10.2 Å². The van der Waals surface area contributed by atoms with Gasteiger partial charge in [-0.25, -0.2) is 0 Å². The minimum atomic E-state index is -4.41. The molecule has 1 unspecified atom stereocenters. The largest absolute Gasteiger partial charge is 0.497 e. The van der Waals surface area contributed by atoms with Gasteiger partial charge in [-0.05, 0) is 73.5 Å². The molecule has 1 atom stereocenters. The van der Waals surface area contributed by atoms with Gasteiger partial charge in [-0.2, -0.15) is 13.2 Å². The molecule has 1 amide bonds. The maximum absolute atomic E-state index is 12.7. The average Bonchev–Trinajstić information content (AvgIpc) is 2.84. The third-order valence-electron chi connectivity index (χ3n) is 5.63. The highest BCUT2D eigenvalue weighted by Gasteiger charge is 2.30. The zero-order valence-electron chi connectivity index (χ0n) is 18.0. The third kappa shape index (κ3) is 5.42. The number of carbonyl (C=O) groups is 1. The number of anilines is 2. The summed E-state index contributed by atoms with van der Waals surface area (Å²) in [6.45, 7) is 1.21. The molecular weight excluding hydrogens is 433 g/mol. The highest BCUT2D eigenvalue weighted by molar-refractivity contribution is 5.93. The van der Waals surface area contributed by atoms with Gasteiger partial charge in [0.2, 0.25) is 5.91 Å². The fraction of sp³-hybridized carbons (Fsp3) is 0.292. The van der Waals surface area contributed by atoms with Crippen LogP contribution in [0.25, 0.3) is 11.3 Å². The molecule has 1 aliphatic heterocycles. The molecule has 2 heterocycles. The van der Waals surface area contributed by atoms with Crippen LogP contribution in [0, 0.1) is 5.92 Å². The van der Waals surface area contributed by atoms with Gasteiger partial charge in [-0.3, -0.25) is 4.79 Å². The van der Waals surface area contributed by atoms with E-state index in [4.69, 9.17) is 4.74 Å². The lowest BCUT2D eigenvalue weighted by Gasteiger charge is -2.32. The number of hydrogen-bond donors (Lipinski definition) is 1. The van der Waals surface area contributed by atoms with Crippen LogP contribution in [-0.4, -0.2) is 36.3 Å². The van der Waals surface area contributed by atoms with Gasteiger partial charge in [0.1, 0.15) is 5.75 Å². The molecule has 2 aromatic carbocycles. The zero-order valence-corrected chi connectivity index (χ0v) is 18.0. The second-order valence-corrected chi connectivity index (χ2v) is 7.85. The Hall–Kier alpha value is -3.62. The highest BCUT2D eigenvalue weighted by Crippen LogP contribution is 2.30. The lowest BCUT2D eigenvalue weighted by atomic mass is 9.97. The van der Waals surface area contributed by atoms with E-state index in [2.05, 4.69) is 15.5 Å². The molecule has 1 aliphatic rings. The van der Waals surface area contributed by atoms with E-state index in [0.29, 0.717) is 24.5 Å². The Morgan fingerprint density at radius 2 is 1.76 bits per heavy atom. The summed E-state index contributed by atoms with van der Waals surface area (Å²) in [4.78, 5) is 14.7. The number of piperidine rings is 1. The number of halogens is 3. The van der Waals surface area contributed by atoms with E-state index < -0.39 is 11.7 Å². The normalized spacial score (nSPS) is 16.4. The minimum absolute atomic E-state index is 0.220. The molecule has 6 nitrogen and oxygen atoms in total. The van der Waals surface area contributed by atoms with Gasteiger partial charge in [0.15, 0.2) is 5.82 Å². The van der Waals surface area contributed by atoms with Crippen molar-refractivity contribution in [2.75, 3.05) is 30.4 Å². The van der Waals surface area contributed by atoms with Gasteiger partial charge in [0.25, 0.3) is 0 Å². The Balaban J connectivity index is 1.39. The summed E-state index contributed by atoms with van der Waals surface area (Å²) in [6, 6.07) is 15.8. The standard InChI is InChI=1S/C24H23F3N4O2/c1-33-20-10-4-16(5-11-20)21-12-13-22(30-29-21)31-14-2-3-17(15-31)23(32)28-19-8-6-18(7-9-19)24(25,26)27/h4-13,17H,2-3,14-15H2,1H3,(H,28,32). The van der Waals surface area contributed by atoms with E-state index in [1.165, 1.54) is 12.1 Å². The summed E-state index contributed by atoms with van der Waals surface area (Å²) in [5.41, 5.74) is 1.24. The Bertz CT molecular complexity index is 1080. The quantitative estimate of drug-likeness (QED) is 0.584. The van der Waals surface area contributed by atoms with Crippen LogP contribution >= 0.6 is 0 Å². The number of benzene rings is 2. The zero-order chi connectivity index (χ0) is 23.4. The van der Waals surface area contributed by atoms with Crippen molar-refractivity contribution in [2.45, 2.75) is 19.0 Å². The van der Waals surface area contributed by atoms with Crippen LogP contribution in [0.2, 0.25) is 0 Å². The van der Waals surface area contributed by atoms with E-state index in [9.17, 15) is 18.0 Å². The van der Waals surface area contributed by atoms with Crippen molar-refractivity contribution in [2.24, 2.45) is 5.92 Å². The maximum atomic E-state index is 12.7. The van der Waals surface area contributed by atoms with E-state index in [-0.39, 0.29) is 11.8 Å². The molecule has 1 saturated heterocycles. The first-order valence-corrected chi connectivity index (χ1v) is 10.5. The Kier molecular flexibility index (Phi) is 6.48. The monoisotopic (exact) mass is 456 g/mol. The second kappa shape index (κ2) is 9.48. The lowest BCUT2D eigenvalue weighted by molar-refractivity contribution is -0.137. The average molecular weight is 456 g/mol. The molecule has 0 bridgehead atoms. The van der Waals surface area contributed by atoms with Crippen molar-refractivity contribution in [3.8, 4) is 17.0 Å². The number of alkyl halides is 3. The molecule has 0 aliphatic carbocycles. The molecule has 1 N–H and O–H groups in total. The van der Waals surface area contributed by atoms with Crippen molar-refractivity contribution in [1.82, 2.24) is 10.2 Å². The Morgan fingerprint density at radius 1 is 1.03 bits per heavy atom. The van der Waals surface area contributed by atoms with Crippen LogP contribution in [0.1, 0.15) is 18.4 Å². The number of rotatable bonds is 5. The van der Waals surface area contributed by atoms with Crippen molar-refractivity contribution < 1.29 is 22.7 Å². The number of amides is 1. The summed E-state index contributed by atoms with van der Waals surface area (Å²) >= 11 is 0. The maximum Gasteiger partial charge on any atom is 0.416 e. The van der Waals surface area contributed by atoms with Crippen LogP contribution in [-0.2, 0) is 11.0 Å². The molecule has 0 radical (unpaired) electrons. The number of methoxy groups -OCH3 is 1. The first-order valence-electron chi connectivity index (χ1n) is 10.5. The van der Waals surface area contributed by atoms with Gasteiger partial charge in [0, 0.05) is 24.3 Å². The molecule has 1 fully saturated rings. The summed E-state index contributed by atoms with van der Waals surface area (Å²) in [5, 5.41) is 11.4. The van der Waals surface area contributed by atoms with Crippen LogP contribution in [0.3, 0.4) is 0 Å². The summed E-state index contributed by atoms with van der Waals surface area (Å²) in [6.07, 6.45) is -2.91. The summed E-state index contributed by atoms with van der Waals surface area (Å²) in [5.74, 6) is 0.919. The number of carbonyl (C=O) groups excluding carboxylic acids is 1. The van der Waals surface area contributed by atoms with E-state index >= 15 is 0 Å². The first-order chi connectivity index (χ1) is 15.8. The smallest absolute Gasteiger partial charge is 0.416 e. The SMILES string of the molecule is COc1ccc(-c2ccc(N3CCCC(C(=O)Nc4ccc(C(F)(F)F)cc4)C3)nn2)cc1. The number of nitrogens with one attached hydrogen (secondary N) is 1. The fourth-order valence-electron chi connectivity index (χ4n) is 3.80. The third-order valence-corrected chi connectivity index (χ3v) is 5.63. The van der Waals surface area contributed by atoms with Crippen molar-refractivity contribution in [1.29, 1.82) is 0 Å². The fourth-order valence-corrected chi connectivity index (χ4v) is 3.80. The minimum Gasteiger partial charge on any atom is -0.497 e. The predicted molar refractivity (Wildman–Crippen MR) is 119 cm³/mol. The van der Waals surface area contributed by atoms with Crippen LogP contribution in [0.4, 0.5) is 24.7 Å². The summed E-state index contributed by atoms with van der Waals surface area (Å²) in [7, 11) is 1.61. The number of ether oxygens (including phenoxy) is 1. The molecule has 172 valence electrons. The highest BCUT2D eigenvalue weighted by atomic mass is 19.4. The molecule has 0 saturated carbocycles. The molecule has 9 heteroatoms. The van der Waals surface area contributed by atoms with Gasteiger partial charge in [-0.1, -0.05) is 0 Å². The first kappa shape index (κ1) is 22.6. The van der Waals surface area contributed by atoms with E-state index in [1.807, 2.05) is 41.3 Å². The van der Waals surface area contributed by atoms with Gasteiger partial charge in [0.05, 0.1) is 24.3 Å². The molecule has 4 rings (SSSR count). The topological polar surface area (TPSA) is 67.3 Å². The summed E-state index contributed by atoms with van der Waals surface area (Å²) < 4.78 is 43.3. The molecule has 1 aromatic heterocycles. The van der Waals surface area contributed by atoms with Crippen molar-refractivity contribution in [3.05, 3.63) is 66.2 Å². The molecule has 0 spiro atoms. The molecule has 3 aromatic rings. The number of hydrogen-bond acceptors (Lipinski definition) is 5. The Labute approximate surface area is 189 Å². The Morgan fingerprint density at radius 3 is 2.36 bits per heavy atom. The van der Waals surface area contributed by atoms with Crippen LogP contribution in [0.5, 0.6) is 5.75 Å². The van der Waals surface area contributed by atoms with Crippen molar-refractivity contribution in [3.63, 3.8) is 0 Å². The van der Waals surface area contributed by atoms with Gasteiger partial charge >= 0.3 is 6.18 Å². The predicted octanol–water partition coefficient (Wildman–Crippen LogP) is 5.03. The van der Waals surface area contributed by atoms with E-state index in [1.54, 1.807) is 7.11 Å². The molecular formula is C24H23F3N4O2. The van der Waals surface area contributed by atoms with Gasteiger partial charge < -0.3 is 15.0 Å². The lowest BCUT2D eigenvalue weighted by Crippen LogP contribution is -2.41. The van der Waals surface area contributed by atoms with E-state index in [0.717, 1.165) is 42.1 Å². The number of aromatic nitrogens is 2. The van der Waals surface area contributed by atoms with Crippen molar-refractivity contribution >= 4 is 17.4 Å². The van der Waals surface area contributed by atoms with Crippen LogP contribution < -0.4 is 15.0 Å². The number of nitrogens with zero attached hydrogens (tertiary/aromatic N) is 3.